The highest BCUT2D eigenvalue weighted by molar-refractivity contribution is 6.25. The third-order valence-electron chi connectivity index (χ3n) is 3.85. The van der Waals surface area contributed by atoms with Gasteiger partial charge in [0.15, 0.2) is 11.5 Å². The van der Waals surface area contributed by atoms with Crippen molar-refractivity contribution in [3.05, 3.63) is 46.7 Å². The van der Waals surface area contributed by atoms with Gasteiger partial charge in [-0.25, -0.2) is 0 Å². The van der Waals surface area contributed by atoms with Gasteiger partial charge in [-0.05, 0) is 20.0 Å². The predicted molar refractivity (Wildman–Crippen MR) is 81.5 cm³/mol. The molecule has 0 amide bonds. The van der Waals surface area contributed by atoms with Crippen LogP contribution >= 0.6 is 0 Å². The molecule has 0 saturated heterocycles. The number of fused-ring (bicyclic) bond motifs is 1. The van der Waals surface area contributed by atoms with Crippen LogP contribution in [0.25, 0.3) is 0 Å². The van der Waals surface area contributed by atoms with Crippen molar-refractivity contribution in [3.8, 4) is 0 Å². The summed E-state index contributed by atoms with van der Waals surface area (Å²) in [5.41, 5.74) is 1.31. The minimum Gasteiger partial charge on any atom is -0.488 e. The van der Waals surface area contributed by atoms with Crippen LogP contribution in [-0.4, -0.2) is 42.7 Å². The summed E-state index contributed by atoms with van der Waals surface area (Å²) in [4.78, 5) is 26.9. The van der Waals surface area contributed by atoms with Crippen LogP contribution < -0.4 is 0 Å². The molecule has 0 saturated carbocycles. The number of allylic oxidation sites excluding steroid dienone is 2. The lowest BCUT2D eigenvalue weighted by molar-refractivity contribution is 0.0848. The number of Topliss-reactive ketones (excluding diaryl/α,β-unsaturated/α-hetero) is 2. The first-order valence-corrected chi connectivity index (χ1v) is 7.34. The van der Waals surface area contributed by atoms with Gasteiger partial charge >= 0.3 is 0 Å². The number of ether oxygens (including phenoxy) is 1. The zero-order chi connectivity index (χ0) is 15.4. The molecule has 112 valence electrons. The average Bonchev–Trinajstić information content (AvgIpc) is 2.52. The minimum absolute atomic E-state index is 0.122. The number of ketones is 2. The van der Waals surface area contributed by atoms with E-state index in [0.717, 1.165) is 19.6 Å². The van der Waals surface area contributed by atoms with Crippen molar-refractivity contribution in [2.75, 3.05) is 26.2 Å². The first-order chi connectivity index (χ1) is 10.1. The molecule has 1 aromatic carbocycles. The molecule has 0 unspecified atom stereocenters. The van der Waals surface area contributed by atoms with Gasteiger partial charge in [0, 0.05) is 23.2 Å². The van der Waals surface area contributed by atoms with E-state index in [1.54, 1.807) is 31.2 Å². The summed E-state index contributed by atoms with van der Waals surface area (Å²) in [7, 11) is 0. The second-order valence-corrected chi connectivity index (χ2v) is 5.03. The van der Waals surface area contributed by atoms with Gasteiger partial charge < -0.3 is 9.64 Å². The highest BCUT2D eigenvalue weighted by Crippen LogP contribution is 2.26. The van der Waals surface area contributed by atoms with Gasteiger partial charge in [-0.2, -0.15) is 0 Å². The quantitative estimate of drug-likeness (QED) is 0.807. The van der Waals surface area contributed by atoms with Gasteiger partial charge in [0.25, 0.3) is 0 Å². The molecule has 4 heteroatoms. The number of hydrogen-bond acceptors (Lipinski definition) is 4. The molecule has 1 aromatic rings. The Hall–Kier alpha value is -1.94. The molecular formula is C17H21NO3. The van der Waals surface area contributed by atoms with Crippen molar-refractivity contribution >= 4 is 11.6 Å². The third-order valence-corrected chi connectivity index (χ3v) is 3.85. The summed E-state index contributed by atoms with van der Waals surface area (Å²) in [6.45, 7) is 8.85. The number of carbonyl (C=O) groups excluding carboxylic acids is 2. The van der Waals surface area contributed by atoms with Crippen LogP contribution in [0.2, 0.25) is 0 Å². The normalized spacial score (nSPS) is 14.7. The van der Waals surface area contributed by atoms with Crippen molar-refractivity contribution in [1.82, 2.24) is 4.90 Å². The first kappa shape index (κ1) is 15.4. The van der Waals surface area contributed by atoms with Crippen LogP contribution in [0.15, 0.2) is 35.6 Å². The van der Waals surface area contributed by atoms with Crippen molar-refractivity contribution in [3.63, 3.8) is 0 Å². The minimum atomic E-state index is -0.192. The fraction of sp³-hybridized carbons (Fsp3) is 0.412. The molecule has 0 heterocycles. The molecule has 4 nitrogen and oxygen atoms in total. The van der Waals surface area contributed by atoms with Crippen molar-refractivity contribution < 1.29 is 14.3 Å². The highest BCUT2D eigenvalue weighted by Gasteiger charge is 2.30. The fourth-order valence-electron chi connectivity index (χ4n) is 2.47. The van der Waals surface area contributed by atoms with E-state index >= 15 is 0 Å². The Morgan fingerprint density at radius 2 is 1.57 bits per heavy atom. The largest absolute Gasteiger partial charge is 0.488 e. The molecular weight excluding hydrogens is 266 g/mol. The lowest BCUT2D eigenvalue weighted by Gasteiger charge is -2.22. The van der Waals surface area contributed by atoms with Crippen LogP contribution in [0, 0.1) is 0 Å². The maximum atomic E-state index is 12.4. The van der Waals surface area contributed by atoms with Crippen molar-refractivity contribution in [1.29, 1.82) is 0 Å². The third kappa shape index (κ3) is 3.05. The number of rotatable bonds is 6. The van der Waals surface area contributed by atoms with Gasteiger partial charge in [-0.15, -0.1) is 0 Å². The Morgan fingerprint density at radius 1 is 1.00 bits per heavy atom. The summed E-state index contributed by atoms with van der Waals surface area (Å²) >= 11 is 0. The van der Waals surface area contributed by atoms with E-state index in [0.29, 0.717) is 23.3 Å². The second-order valence-electron chi connectivity index (χ2n) is 5.03. The summed E-state index contributed by atoms with van der Waals surface area (Å²) in [6.07, 6.45) is 0. The summed E-state index contributed by atoms with van der Waals surface area (Å²) in [6, 6.07) is 6.89. The first-order valence-electron chi connectivity index (χ1n) is 7.34. The number of hydrogen-bond donors (Lipinski definition) is 0. The number of nitrogens with zero attached hydrogens (tertiary/aromatic N) is 1. The molecule has 2 rings (SSSR count). The zero-order valence-corrected chi connectivity index (χ0v) is 12.8. The van der Waals surface area contributed by atoms with Gasteiger partial charge in [-0.1, -0.05) is 38.1 Å². The predicted octanol–water partition coefficient (Wildman–Crippen LogP) is 2.70. The van der Waals surface area contributed by atoms with Crippen molar-refractivity contribution in [2.24, 2.45) is 0 Å². The average molecular weight is 287 g/mol. The Kier molecular flexibility index (Phi) is 4.91. The summed E-state index contributed by atoms with van der Waals surface area (Å²) < 4.78 is 5.64. The molecule has 0 fully saturated rings. The fourth-order valence-corrected chi connectivity index (χ4v) is 2.47. The molecule has 0 radical (unpaired) electrons. The summed E-state index contributed by atoms with van der Waals surface area (Å²) in [5.74, 6) is -0.115. The Labute approximate surface area is 125 Å². The maximum Gasteiger partial charge on any atom is 0.228 e. The number of carbonyl (C=O) groups is 2. The van der Waals surface area contributed by atoms with E-state index in [-0.39, 0.29) is 17.3 Å². The maximum absolute atomic E-state index is 12.4. The van der Waals surface area contributed by atoms with Crippen LogP contribution in [-0.2, 0) is 4.74 Å². The number of likely N-dealkylation sites (N-methyl/N-ethyl adjacent to an activating group) is 1. The van der Waals surface area contributed by atoms with E-state index in [2.05, 4.69) is 18.7 Å². The van der Waals surface area contributed by atoms with E-state index in [1.165, 1.54) is 0 Å². The van der Waals surface area contributed by atoms with E-state index in [1.807, 2.05) is 0 Å². The molecule has 0 atom stereocenters. The molecule has 21 heavy (non-hydrogen) atoms. The molecule has 1 aliphatic carbocycles. The molecule has 0 spiro atoms. The standard InChI is InChI=1S/C17H21NO3/c1-4-18(5-2)10-11-21-17-12(3)15(19)13-8-6-7-9-14(13)16(17)20/h6-9H,4-5,10-11H2,1-3H3. The van der Waals surface area contributed by atoms with Crippen molar-refractivity contribution in [2.45, 2.75) is 20.8 Å². The Balaban J connectivity index is 2.15. The zero-order valence-electron chi connectivity index (χ0n) is 12.8. The monoisotopic (exact) mass is 287 g/mol. The lowest BCUT2D eigenvalue weighted by atomic mass is 9.89. The smallest absolute Gasteiger partial charge is 0.228 e. The SMILES string of the molecule is CCN(CC)CCOC1=C(C)C(=O)c2ccccc2C1=O. The molecule has 0 aromatic heterocycles. The Bertz CT molecular complexity index is 585. The van der Waals surface area contributed by atoms with Gasteiger partial charge in [0.1, 0.15) is 6.61 Å². The van der Waals surface area contributed by atoms with Gasteiger partial charge in [0.05, 0.1) is 0 Å². The summed E-state index contributed by atoms with van der Waals surface area (Å²) in [5, 5.41) is 0. The molecule has 0 aliphatic heterocycles. The van der Waals surface area contributed by atoms with Crippen LogP contribution in [0.3, 0.4) is 0 Å². The second kappa shape index (κ2) is 6.68. The molecule has 1 aliphatic rings. The van der Waals surface area contributed by atoms with Crippen LogP contribution in [0.4, 0.5) is 0 Å². The topological polar surface area (TPSA) is 46.6 Å². The van der Waals surface area contributed by atoms with Crippen LogP contribution in [0.1, 0.15) is 41.5 Å². The van der Waals surface area contributed by atoms with E-state index in [9.17, 15) is 9.59 Å². The highest BCUT2D eigenvalue weighted by atomic mass is 16.5. The van der Waals surface area contributed by atoms with Gasteiger partial charge in [-0.3, -0.25) is 9.59 Å². The van der Waals surface area contributed by atoms with Gasteiger partial charge in [0.2, 0.25) is 5.78 Å². The molecule has 0 N–H and O–H groups in total. The Morgan fingerprint density at radius 3 is 2.14 bits per heavy atom. The molecule has 0 bridgehead atoms. The van der Waals surface area contributed by atoms with E-state index < -0.39 is 0 Å². The lowest BCUT2D eigenvalue weighted by Crippen LogP contribution is -2.29. The number of benzene rings is 1. The van der Waals surface area contributed by atoms with E-state index in [4.69, 9.17) is 4.74 Å². The van der Waals surface area contributed by atoms with Crippen LogP contribution in [0.5, 0.6) is 0 Å².